The van der Waals surface area contributed by atoms with Gasteiger partial charge in [0.25, 0.3) is 6.71 Å². The molecule has 1 aromatic heterocycles. The maximum atomic E-state index is 6.70. The first kappa shape index (κ1) is 40.8. The molecule has 0 spiro atoms. The van der Waals surface area contributed by atoms with E-state index in [1.807, 2.05) is 0 Å². The van der Waals surface area contributed by atoms with Gasteiger partial charge in [-0.15, -0.1) is 0 Å². The van der Waals surface area contributed by atoms with Gasteiger partial charge >= 0.3 is 0 Å². The van der Waals surface area contributed by atoms with Crippen LogP contribution in [-0.4, -0.2) is 17.8 Å². The number of hydrogen-bond donors (Lipinski definition) is 0. The molecule has 0 N–H and O–H groups in total. The summed E-state index contributed by atoms with van der Waals surface area (Å²) in [6.07, 6.45) is 9.83. The van der Waals surface area contributed by atoms with Crippen LogP contribution >= 0.6 is 0 Å². The van der Waals surface area contributed by atoms with Crippen LogP contribution in [0.25, 0.3) is 21.9 Å². The van der Waals surface area contributed by atoms with Crippen LogP contribution < -0.4 is 31.1 Å². The number of anilines is 7. The third-order valence-corrected chi connectivity index (χ3v) is 18.9. The van der Waals surface area contributed by atoms with Crippen molar-refractivity contribution in [1.29, 1.82) is 0 Å². The fraction of sp³-hybridized carbons (Fsp3) is 0.410. The van der Waals surface area contributed by atoms with Crippen LogP contribution in [0, 0.1) is 6.92 Å². The van der Waals surface area contributed by atoms with Crippen LogP contribution in [0.3, 0.4) is 0 Å². The predicted molar refractivity (Wildman–Crippen MR) is 281 cm³/mol. The average molecular weight is 868 g/mol. The molecule has 13 rings (SSSR count). The molecule has 334 valence electrons. The van der Waals surface area contributed by atoms with Crippen molar-refractivity contribution >= 4 is 84.9 Å². The van der Waals surface area contributed by atoms with Crippen LogP contribution in [0.4, 0.5) is 39.8 Å². The molecular weight excluding hydrogens is 802 g/mol. The largest absolute Gasteiger partial charge is 0.456 e. The van der Waals surface area contributed by atoms with Gasteiger partial charge in [0.15, 0.2) is 0 Å². The smallest absolute Gasteiger partial charge is 0.252 e. The third-order valence-electron chi connectivity index (χ3n) is 18.9. The second kappa shape index (κ2) is 13.0. The van der Waals surface area contributed by atoms with Gasteiger partial charge in [0.05, 0.1) is 22.2 Å². The summed E-state index contributed by atoms with van der Waals surface area (Å²) in [6, 6.07) is 40.9. The molecule has 5 heteroatoms. The summed E-state index contributed by atoms with van der Waals surface area (Å²) in [5, 5.41) is 2.33. The molecule has 5 heterocycles. The summed E-state index contributed by atoms with van der Waals surface area (Å²) < 4.78 is 6.70. The van der Waals surface area contributed by atoms with E-state index in [1.165, 1.54) is 129 Å². The van der Waals surface area contributed by atoms with Crippen molar-refractivity contribution in [2.24, 2.45) is 0 Å². The number of nitrogens with zero attached hydrogens (tertiary/aromatic N) is 3. The molecule has 0 bridgehead atoms. The van der Waals surface area contributed by atoms with E-state index >= 15 is 0 Å². The number of fused-ring (bicyclic) bond motifs is 13. The number of hydrogen-bond acceptors (Lipinski definition) is 4. The predicted octanol–water partition coefficient (Wildman–Crippen LogP) is 14.6. The maximum absolute atomic E-state index is 6.70. The summed E-state index contributed by atoms with van der Waals surface area (Å²) in [4.78, 5) is 8.35. The van der Waals surface area contributed by atoms with Crippen molar-refractivity contribution in [1.82, 2.24) is 0 Å². The van der Waals surface area contributed by atoms with Crippen molar-refractivity contribution < 1.29 is 4.42 Å². The van der Waals surface area contributed by atoms with E-state index in [0.29, 0.717) is 0 Å². The molecule has 4 unspecified atom stereocenters. The first-order valence-corrected chi connectivity index (χ1v) is 25.3. The molecule has 6 aromatic carbocycles. The van der Waals surface area contributed by atoms with Crippen molar-refractivity contribution in [3.05, 3.63) is 131 Å². The molecule has 2 aliphatic carbocycles. The van der Waals surface area contributed by atoms with E-state index in [0.717, 1.165) is 23.0 Å². The van der Waals surface area contributed by atoms with Crippen LogP contribution in [0.15, 0.2) is 108 Å². The highest BCUT2D eigenvalue weighted by Gasteiger charge is 2.62. The molecular formula is C61H66BN3O. The van der Waals surface area contributed by atoms with Gasteiger partial charge in [-0.2, -0.15) is 0 Å². The summed E-state index contributed by atoms with van der Waals surface area (Å²) in [6.45, 7) is 27.1. The van der Waals surface area contributed by atoms with E-state index in [9.17, 15) is 0 Å². The van der Waals surface area contributed by atoms with Crippen molar-refractivity contribution in [3.63, 3.8) is 0 Å². The quantitative estimate of drug-likeness (QED) is 0.162. The van der Waals surface area contributed by atoms with Gasteiger partial charge in [0.2, 0.25) is 0 Å². The van der Waals surface area contributed by atoms with Crippen molar-refractivity contribution in [3.8, 4) is 0 Å². The Hall–Kier alpha value is -5.42. The number of aryl methyl sites for hydroxylation is 1. The lowest BCUT2D eigenvalue weighted by molar-refractivity contribution is 0.195. The molecule has 4 nitrogen and oxygen atoms in total. The van der Waals surface area contributed by atoms with Crippen molar-refractivity contribution in [2.75, 3.05) is 14.7 Å². The maximum Gasteiger partial charge on any atom is 0.252 e. The molecule has 0 saturated heterocycles. The zero-order valence-corrected chi connectivity index (χ0v) is 41.3. The second-order valence-electron chi connectivity index (χ2n) is 24.5. The van der Waals surface area contributed by atoms with Crippen LogP contribution in [0.2, 0.25) is 0 Å². The number of rotatable bonds is 2. The lowest BCUT2D eigenvalue weighted by Crippen LogP contribution is -2.64. The number of benzene rings is 6. The van der Waals surface area contributed by atoms with Gasteiger partial charge in [-0.3, -0.25) is 0 Å². The SMILES string of the molecule is Cc1cc2c3c(c1)N1c4c(cc(C(C)(C)C)cc4C4(C)CCCCC14C)B3c1ccc(N3c4ccc(C(C)(C)C)cc4C4(C)CCCCC34C)cc1N2c1cccc2oc3ccccc3c12. The van der Waals surface area contributed by atoms with Gasteiger partial charge < -0.3 is 19.1 Å². The first-order valence-electron chi connectivity index (χ1n) is 25.3. The summed E-state index contributed by atoms with van der Waals surface area (Å²) in [7, 11) is 0. The molecule has 4 aliphatic heterocycles. The van der Waals surface area contributed by atoms with E-state index in [1.54, 1.807) is 5.56 Å². The first-order chi connectivity index (χ1) is 31.4. The molecule has 2 saturated carbocycles. The van der Waals surface area contributed by atoms with Gasteiger partial charge in [-0.05, 0) is 150 Å². The molecule has 7 aromatic rings. The topological polar surface area (TPSA) is 22.9 Å². The molecule has 0 radical (unpaired) electrons. The summed E-state index contributed by atoms with van der Waals surface area (Å²) >= 11 is 0. The Morgan fingerprint density at radius 3 is 1.92 bits per heavy atom. The zero-order chi connectivity index (χ0) is 45.7. The van der Waals surface area contributed by atoms with Gasteiger partial charge in [-0.25, -0.2) is 0 Å². The van der Waals surface area contributed by atoms with Crippen LogP contribution in [-0.2, 0) is 21.7 Å². The van der Waals surface area contributed by atoms with Gasteiger partial charge in [0.1, 0.15) is 11.2 Å². The van der Waals surface area contributed by atoms with Gasteiger partial charge in [-0.1, -0.05) is 136 Å². The standard InChI is InChI=1S/C61H66BN3O/c1-37-31-49-54-50(32-37)65-55-43(59(9)28-15-17-30-61(59,65)11)34-39(57(5,6)7)35-45(55)62(54)44-25-24-40(36-48(44)63(49)47-20-18-22-52-53(47)41-19-12-13-21-51(41)66-52)64-46-26-23-38(56(2,3)4)33-42(46)58(8)27-14-16-29-60(58,64)10/h12-13,18-26,31-36H,14-17,27-30H2,1-11H3. The van der Waals surface area contributed by atoms with E-state index < -0.39 is 0 Å². The third kappa shape index (κ3) is 4.98. The van der Waals surface area contributed by atoms with E-state index in [4.69, 9.17) is 4.42 Å². The number of para-hydroxylation sites is 1. The lowest BCUT2D eigenvalue weighted by atomic mass is 9.33. The molecule has 6 aliphatic rings. The normalized spacial score (nSPS) is 26.0. The monoisotopic (exact) mass is 868 g/mol. The summed E-state index contributed by atoms with van der Waals surface area (Å²) in [5.41, 5.74) is 22.8. The molecule has 66 heavy (non-hydrogen) atoms. The fourth-order valence-corrected chi connectivity index (χ4v) is 14.8. The van der Waals surface area contributed by atoms with Crippen LogP contribution in [0.1, 0.15) is 148 Å². The average Bonchev–Trinajstić information content (AvgIpc) is 3.83. The number of furan rings is 1. The van der Waals surface area contributed by atoms with Crippen LogP contribution in [0.5, 0.6) is 0 Å². The Morgan fingerprint density at radius 2 is 1.18 bits per heavy atom. The Kier molecular flexibility index (Phi) is 8.02. The highest BCUT2D eigenvalue weighted by atomic mass is 16.3. The Labute approximate surface area is 393 Å². The highest BCUT2D eigenvalue weighted by molar-refractivity contribution is 7.00. The second-order valence-corrected chi connectivity index (χ2v) is 24.5. The molecule has 2 fully saturated rings. The Morgan fingerprint density at radius 1 is 0.530 bits per heavy atom. The minimum Gasteiger partial charge on any atom is -0.456 e. The summed E-state index contributed by atoms with van der Waals surface area (Å²) in [5.74, 6) is 0. The minimum atomic E-state index is -0.0748. The minimum absolute atomic E-state index is 0.000223. The zero-order valence-electron chi connectivity index (χ0n) is 41.3. The molecule has 4 atom stereocenters. The Balaban J connectivity index is 1.13. The molecule has 0 amide bonds. The lowest BCUT2D eigenvalue weighted by Gasteiger charge is -2.53. The fourth-order valence-electron chi connectivity index (χ4n) is 14.8. The van der Waals surface area contributed by atoms with E-state index in [2.05, 4.69) is 194 Å². The van der Waals surface area contributed by atoms with Gasteiger partial charge in [0, 0.05) is 50.3 Å². The van der Waals surface area contributed by atoms with E-state index in [-0.39, 0.29) is 39.5 Å². The Bertz CT molecular complexity index is 3260. The van der Waals surface area contributed by atoms with Crippen molar-refractivity contribution in [2.45, 2.75) is 160 Å². The highest BCUT2D eigenvalue weighted by Crippen LogP contribution is 2.64.